The van der Waals surface area contributed by atoms with Gasteiger partial charge in [-0.05, 0) is 48.3 Å². The van der Waals surface area contributed by atoms with Crippen LogP contribution in [0.15, 0.2) is 16.7 Å². The Balaban J connectivity index is 2.83. The lowest BCUT2D eigenvalue weighted by atomic mass is 10.1. The molecule has 3 nitrogen and oxygen atoms in total. The highest BCUT2D eigenvalue weighted by Crippen LogP contribution is 2.19. The summed E-state index contributed by atoms with van der Waals surface area (Å²) < 4.78 is 0.991. The van der Waals surface area contributed by atoms with Gasteiger partial charge in [-0.25, -0.2) is 4.98 Å². The first-order valence-electron chi connectivity index (χ1n) is 4.46. The van der Waals surface area contributed by atoms with Crippen molar-refractivity contribution >= 4 is 21.7 Å². The number of hydrogen-bond acceptors (Lipinski definition) is 3. The van der Waals surface area contributed by atoms with Gasteiger partial charge in [0, 0.05) is 10.7 Å². The van der Waals surface area contributed by atoms with Gasteiger partial charge in [0.2, 0.25) is 0 Å². The molecule has 1 rings (SSSR count). The molecule has 0 radical (unpaired) electrons. The number of aliphatic hydroxyl groups excluding tert-OH is 1. The highest BCUT2D eigenvalue weighted by Gasteiger charge is 2.16. The number of nitrogens with zero attached hydrogens (tertiary/aromatic N) is 1. The van der Waals surface area contributed by atoms with E-state index in [9.17, 15) is 0 Å². The van der Waals surface area contributed by atoms with Gasteiger partial charge in [-0.1, -0.05) is 0 Å². The molecule has 0 amide bonds. The second-order valence-corrected chi connectivity index (χ2v) is 4.84. The first-order valence-corrected chi connectivity index (χ1v) is 5.25. The third kappa shape index (κ3) is 2.96. The number of pyridine rings is 1. The van der Waals surface area contributed by atoms with Crippen molar-refractivity contribution in [2.24, 2.45) is 0 Å². The van der Waals surface area contributed by atoms with Crippen LogP contribution in [0.5, 0.6) is 0 Å². The number of halogens is 1. The Hall–Kier alpha value is -0.610. The Morgan fingerprint density at radius 1 is 1.57 bits per heavy atom. The standard InChI is InChI=1S/C10H15BrN2O/c1-7-4-9(12-5-8(7)11)13-10(2,3)6-14/h4-5,14H,6H2,1-3H3,(H,12,13). The quantitative estimate of drug-likeness (QED) is 0.875. The zero-order valence-corrected chi connectivity index (χ0v) is 10.2. The monoisotopic (exact) mass is 258 g/mol. The van der Waals surface area contributed by atoms with E-state index < -0.39 is 0 Å². The number of nitrogens with one attached hydrogen (secondary N) is 1. The molecule has 0 aliphatic rings. The van der Waals surface area contributed by atoms with Crippen molar-refractivity contribution in [1.29, 1.82) is 0 Å². The minimum absolute atomic E-state index is 0.0732. The molecule has 0 atom stereocenters. The van der Waals surface area contributed by atoms with Gasteiger partial charge in [-0.2, -0.15) is 0 Å². The summed E-state index contributed by atoms with van der Waals surface area (Å²) in [5.74, 6) is 0.782. The first kappa shape index (κ1) is 11.5. The topological polar surface area (TPSA) is 45.1 Å². The Bertz CT molecular complexity index is 326. The fourth-order valence-corrected chi connectivity index (χ4v) is 1.21. The lowest BCUT2D eigenvalue weighted by Crippen LogP contribution is -2.35. The molecule has 1 aromatic heterocycles. The highest BCUT2D eigenvalue weighted by molar-refractivity contribution is 9.10. The van der Waals surface area contributed by atoms with E-state index >= 15 is 0 Å². The minimum Gasteiger partial charge on any atom is -0.394 e. The highest BCUT2D eigenvalue weighted by atomic mass is 79.9. The predicted molar refractivity (Wildman–Crippen MR) is 61.5 cm³/mol. The van der Waals surface area contributed by atoms with Gasteiger partial charge in [-0.15, -0.1) is 0 Å². The molecule has 78 valence electrons. The van der Waals surface area contributed by atoms with Crippen LogP contribution in [0.2, 0.25) is 0 Å². The molecule has 14 heavy (non-hydrogen) atoms. The minimum atomic E-state index is -0.340. The van der Waals surface area contributed by atoms with E-state index in [2.05, 4.69) is 26.2 Å². The molecule has 1 heterocycles. The summed E-state index contributed by atoms with van der Waals surface area (Å²) >= 11 is 3.39. The maximum atomic E-state index is 9.08. The van der Waals surface area contributed by atoms with Crippen LogP contribution in [0, 0.1) is 6.92 Å². The molecule has 0 fully saturated rings. The van der Waals surface area contributed by atoms with Crippen LogP contribution in [-0.2, 0) is 0 Å². The van der Waals surface area contributed by atoms with Crippen LogP contribution in [-0.4, -0.2) is 22.2 Å². The van der Waals surface area contributed by atoms with Gasteiger partial charge in [0.15, 0.2) is 0 Å². The van der Waals surface area contributed by atoms with Crippen LogP contribution >= 0.6 is 15.9 Å². The average Bonchev–Trinajstić information content (AvgIpc) is 2.11. The van der Waals surface area contributed by atoms with E-state index in [0.29, 0.717) is 0 Å². The molecule has 4 heteroatoms. The van der Waals surface area contributed by atoms with Crippen molar-refractivity contribution in [3.05, 3.63) is 22.3 Å². The van der Waals surface area contributed by atoms with Gasteiger partial charge in [0.05, 0.1) is 12.1 Å². The van der Waals surface area contributed by atoms with Crippen LogP contribution in [0.3, 0.4) is 0 Å². The molecule has 2 N–H and O–H groups in total. The van der Waals surface area contributed by atoms with Crippen molar-refractivity contribution < 1.29 is 5.11 Å². The van der Waals surface area contributed by atoms with Crippen LogP contribution < -0.4 is 5.32 Å². The third-order valence-corrected chi connectivity index (χ3v) is 2.74. The van der Waals surface area contributed by atoms with E-state index in [1.807, 2.05) is 26.8 Å². The SMILES string of the molecule is Cc1cc(NC(C)(C)CO)ncc1Br. The lowest BCUT2D eigenvalue weighted by molar-refractivity contribution is 0.234. The van der Waals surface area contributed by atoms with Gasteiger partial charge in [0.1, 0.15) is 5.82 Å². The molecule has 0 bridgehead atoms. The average molecular weight is 259 g/mol. The zero-order chi connectivity index (χ0) is 10.8. The summed E-state index contributed by atoms with van der Waals surface area (Å²) in [6, 6.07) is 1.95. The maximum Gasteiger partial charge on any atom is 0.126 e. The Labute approximate surface area is 92.7 Å². The van der Waals surface area contributed by atoms with E-state index in [1.54, 1.807) is 6.20 Å². The lowest BCUT2D eigenvalue weighted by Gasteiger charge is -2.24. The fourth-order valence-electron chi connectivity index (χ4n) is 0.994. The number of rotatable bonds is 3. The van der Waals surface area contributed by atoms with Gasteiger partial charge in [-0.3, -0.25) is 0 Å². The number of anilines is 1. The number of hydrogen-bond donors (Lipinski definition) is 2. The molecule has 0 aliphatic heterocycles. The summed E-state index contributed by atoms with van der Waals surface area (Å²) in [6.07, 6.45) is 1.76. The maximum absolute atomic E-state index is 9.08. The number of aromatic nitrogens is 1. The molecular weight excluding hydrogens is 244 g/mol. The van der Waals surface area contributed by atoms with E-state index in [1.165, 1.54) is 0 Å². The van der Waals surface area contributed by atoms with E-state index in [-0.39, 0.29) is 12.1 Å². The van der Waals surface area contributed by atoms with Gasteiger partial charge < -0.3 is 10.4 Å². The molecule has 0 unspecified atom stereocenters. The smallest absolute Gasteiger partial charge is 0.126 e. The summed E-state index contributed by atoms with van der Waals surface area (Å²) in [5, 5.41) is 12.2. The Morgan fingerprint density at radius 2 is 2.21 bits per heavy atom. The van der Waals surface area contributed by atoms with Crippen molar-refractivity contribution in [3.8, 4) is 0 Å². The summed E-state index contributed by atoms with van der Waals surface area (Å²) in [4.78, 5) is 4.20. The molecular formula is C10H15BrN2O. The van der Waals surface area contributed by atoms with E-state index in [0.717, 1.165) is 15.9 Å². The molecule has 0 spiro atoms. The normalized spacial score (nSPS) is 11.5. The van der Waals surface area contributed by atoms with Crippen molar-refractivity contribution in [2.45, 2.75) is 26.3 Å². The first-order chi connectivity index (χ1) is 6.44. The van der Waals surface area contributed by atoms with E-state index in [4.69, 9.17) is 5.11 Å². The Morgan fingerprint density at radius 3 is 2.71 bits per heavy atom. The second kappa shape index (κ2) is 4.28. The van der Waals surface area contributed by atoms with Crippen molar-refractivity contribution in [2.75, 3.05) is 11.9 Å². The third-order valence-electron chi connectivity index (χ3n) is 1.91. The molecule has 1 aromatic rings. The molecule has 0 aromatic carbocycles. The largest absolute Gasteiger partial charge is 0.394 e. The Kier molecular flexibility index (Phi) is 3.50. The summed E-state index contributed by atoms with van der Waals surface area (Å²) in [5.41, 5.74) is 0.782. The summed E-state index contributed by atoms with van der Waals surface area (Å²) in [7, 11) is 0. The van der Waals surface area contributed by atoms with Crippen LogP contribution in [0.1, 0.15) is 19.4 Å². The molecule has 0 saturated carbocycles. The second-order valence-electron chi connectivity index (χ2n) is 3.99. The zero-order valence-electron chi connectivity index (χ0n) is 8.63. The molecule has 0 aliphatic carbocycles. The predicted octanol–water partition coefficient (Wildman–Crippen LogP) is 2.34. The number of aryl methyl sites for hydroxylation is 1. The van der Waals surface area contributed by atoms with Gasteiger partial charge >= 0.3 is 0 Å². The fraction of sp³-hybridized carbons (Fsp3) is 0.500. The van der Waals surface area contributed by atoms with Gasteiger partial charge in [0.25, 0.3) is 0 Å². The van der Waals surface area contributed by atoms with Crippen LogP contribution in [0.4, 0.5) is 5.82 Å². The van der Waals surface area contributed by atoms with Crippen molar-refractivity contribution in [1.82, 2.24) is 4.98 Å². The van der Waals surface area contributed by atoms with Crippen LogP contribution in [0.25, 0.3) is 0 Å². The van der Waals surface area contributed by atoms with Crippen molar-refractivity contribution in [3.63, 3.8) is 0 Å². The molecule has 0 saturated heterocycles. The number of aliphatic hydroxyl groups is 1. The summed E-state index contributed by atoms with van der Waals surface area (Å²) in [6.45, 7) is 5.92.